The highest BCUT2D eigenvalue weighted by molar-refractivity contribution is 6.54. The van der Waals surface area contributed by atoms with Crippen molar-refractivity contribution >= 4 is 35.2 Å². The number of carbonyl (C=O) groups is 3. The average Bonchev–Trinajstić information content (AvgIpc) is 3.13. The lowest BCUT2D eigenvalue weighted by atomic mass is 10.1. The van der Waals surface area contributed by atoms with Crippen LogP contribution in [0, 0.1) is 5.82 Å². The molecule has 2 heterocycles. The quantitative estimate of drug-likeness (QED) is 0.332. The zero-order valence-electron chi connectivity index (χ0n) is 18.2. The van der Waals surface area contributed by atoms with Crippen LogP contribution < -0.4 is 15.0 Å². The summed E-state index contributed by atoms with van der Waals surface area (Å²) in [5.41, 5.74) is 2.68. The standard InChI is InChI=1S/C25H18FN3O6/c26-18-7-16(23-17(8-18)12-34-13-35-23)10-29-21-9-19(5-6-20(21)22(28-33)25(29)32)27-24(31)15-3-1-14(11-30)2-4-15/h1-9,11,33H,10,12-13H2,(H,27,31)/b28-22-. The summed E-state index contributed by atoms with van der Waals surface area (Å²) < 4.78 is 25.0. The summed E-state index contributed by atoms with van der Waals surface area (Å²) in [5, 5.41) is 15.3. The van der Waals surface area contributed by atoms with Gasteiger partial charge in [-0.2, -0.15) is 0 Å². The van der Waals surface area contributed by atoms with Crippen LogP contribution in [0.1, 0.15) is 37.4 Å². The molecule has 5 rings (SSSR count). The monoisotopic (exact) mass is 475 g/mol. The van der Waals surface area contributed by atoms with Crippen LogP contribution in [0.15, 0.2) is 59.8 Å². The first-order valence-corrected chi connectivity index (χ1v) is 10.6. The zero-order valence-corrected chi connectivity index (χ0v) is 18.2. The van der Waals surface area contributed by atoms with Gasteiger partial charge in [0, 0.05) is 33.5 Å². The highest BCUT2D eigenvalue weighted by Crippen LogP contribution is 2.36. The molecule has 0 aromatic heterocycles. The van der Waals surface area contributed by atoms with E-state index in [0.717, 1.165) is 0 Å². The van der Waals surface area contributed by atoms with Crippen LogP contribution >= 0.6 is 0 Å². The third-order valence-corrected chi connectivity index (χ3v) is 5.74. The van der Waals surface area contributed by atoms with Gasteiger partial charge in [-0.05, 0) is 42.5 Å². The van der Waals surface area contributed by atoms with E-state index in [1.807, 2.05) is 0 Å². The van der Waals surface area contributed by atoms with Crippen molar-refractivity contribution in [2.75, 3.05) is 17.0 Å². The van der Waals surface area contributed by atoms with E-state index < -0.39 is 17.6 Å². The largest absolute Gasteiger partial charge is 0.467 e. The van der Waals surface area contributed by atoms with Crippen molar-refractivity contribution in [1.82, 2.24) is 0 Å². The number of halogens is 1. The predicted octanol–water partition coefficient (Wildman–Crippen LogP) is 3.48. The molecule has 3 aromatic carbocycles. The lowest BCUT2D eigenvalue weighted by molar-refractivity contribution is -0.112. The molecule has 2 aliphatic heterocycles. The number of benzene rings is 3. The van der Waals surface area contributed by atoms with E-state index in [0.29, 0.717) is 51.2 Å². The van der Waals surface area contributed by atoms with E-state index in [4.69, 9.17) is 9.47 Å². The molecule has 9 nitrogen and oxygen atoms in total. The van der Waals surface area contributed by atoms with E-state index >= 15 is 0 Å². The number of amides is 2. The van der Waals surface area contributed by atoms with Gasteiger partial charge < -0.3 is 24.9 Å². The van der Waals surface area contributed by atoms with Gasteiger partial charge in [-0.25, -0.2) is 4.39 Å². The second kappa shape index (κ2) is 8.99. The van der Waals surface area contributed by atoms with E-state index in [-0.39, 0.29) is 25.7 Å². The van der Waals surface area contributed by atoms with Gasteiger partial charge in [-0.1, -0.05) is 17.3 Å². The Morgan fingerprint density at radius 1 is 1.17 bits per heavy atom. The number of ether oxygens (including phenoxy) is 2. The molecule has 10 heteroatoms. The van der Waals surface area contributed by atoms with Crippen molar-refractivity contribution in [2.24, 2.45) is 5.16 Å². The number of anilines is 2. The smallest absolute Gasteiger partial charge is 0.281 e. The van der Waals surface area contributed by atoms with Crippen LogP contribution in [-0.2, 0) is 22.7 Å². The summed E-state index contributed by atoms with van der Waals surface area (Å²) in [4.78, 5) is 37.8. The van der Waals surface area contributed by atoms with Crippen LogP contribution in [-0.4, -0.2) is 35.8 Å². The first-order valence-electron chi connectivity index (χ1n) is 10.6. The number of oxime groups is 1. The molecule has 176 valence electrons. The van der Waals surface area contributed by atoms with Crippen molar-refractivity contribution in [1.29, 1.82) is 0 Å². The Kier molecular flexibility index (Phi) is 5.71. The molecule has 2 N–H and O–H groups in total. The Morgan fingerprint density at radius 3 is 2.71 bits per heavy atom. The van der Waals surface area contributed by atoms with Crippen LogP contribution in [0.25, 0.3) is 0 Å². The Morgan fingerprint density at radius 2 is 1.97 bits per heavy atom. The molecule has 0 aliphatic carbocycles. The molecule has 0 unspecified atom stereocenters. The number of rotatable bonds is 5. The second-order valence-electron chi connectivity index (χ2n) is 7.93. The minimum atomic E-state index is -0.583. The molecule has 2 aliphatic rings. The molecule has 0 atom stereocenters. The van der Waals surface area contributed by atoms with Gasteiger partial charge >= 0.3 is 0 Å². The fourth-order valence-corrected chi connectivity index (χ4v) is 4.10. The molecule has 0 fully saturated rings. The van der Waals surface area contributed by atoms with Crippen LogP contribution in [0.3, 0.4) is 0 Å². The van der Waals surface area contributed by atoms with Gasteiger partial charge in [0.05, 0.1) is 18.8 Å². The summed E-state index contributed by atoms with van der Waals surface area (Å²) in [7, 11) is 0. The Balaban J connectivity index is 1.47. The Bertz CT molecular complexity index is 1390. The maximum atomic E-state index is 14.2. The number of aldehydes is 1. The summed E-state index contributed by atoms with van der Waals surface area (Å²) in [5.74, 6) is -1.07. The lowest BCUT2D eigenvalue weighted by Crippen LogP contribution is -2.30. The summed E-state index contributed by atoms with van der Waals surface area (Å²) in [6.45, 7) is 0.122. The first-order chi connectivity index (χ1) is 17.0. The molecule has 0 saturated heterocycles. The van der Waals surface area contributed by atoms with E-state index in [9.17, 15) is 24.0 Å². The Labute approximate surface area is 198 Å². The molecule has 0 bridgehead atoms. The van der Waals surface area contributed by atoms with Crippen LogP contribution in [0.5, 0.6) is 5.75 Å². The van der Waals surface area contributed by atoms with Gasteiger partial charge in [0.25, 0.3) is 11.8 Å². The predicted molar refractivity (Wildman–Crippen MR) is 122 cm³/mol. The molecule has 2 amide bonds. The topological polar surface area (TPSA) is 118 Å². The first kappa shape index (κ1) is 22.2. The van der Waals surface area contributed by atoms with Crippen LogP contribution in [0.2, 0.25) is 0 Å². The van der Waals surface area contributed by atoms with Gasteiger partial charge in [0.1, 0.15) is 17.9 Å². The molecule has 0 radical (unpaired) electrons. The summed E-state index contributed by atoms with van der Waals surface area (Å²) >= 11 is 0. The average molecular weight is 475 g/mol. The van der Waals surface area contributed by atoms with Crippen molar-refractivity contribution in [2.45, 2.75) is 13.2 Å². The third-order valence-electron chi connectivity index (χ3n) is 5.74. The van der Waals surface area contributed by atoms with Gasteiger partial charge in [0.15, 0.2) is 12.5 Å². The number of nitrogens with one attached hydrogen (secondary N) is 1. The Hall–Kier alpha value is -4.57. The van der Waals surface area contributed by atoms with Crippen molar-refractivity contribution in [3.05, 3.63) is 88.2 Å². The second-order valence-corrected chi connectivity index (χ2v) is 7.93. The van der Waals surface area contributed by atoms with Crippen molar-refractivity contribution < 1.29 is 33.5 Å². The molecule has 0 saturated carbocycles. The van der Waals surface area contributed by atoms with Gasteiger partial charge in [0.2, 0.25) is 0 Å². The minimum absolute atomic E-state index is 0.00349. The highest BCUT2D eigenvalue weighted by Gasteiger charge is 2.36. The lowest BCUT2D eigenvalue weighted by Gasteiger charge is -2.24. The highest BCUT2D eigenvalue weighted by atomic mass is 19.1. The minimum Gasteiger partial charge on any atom is -0.467 e. The fourth-order valence-electron chi connectivity index (χ4n) is 4.10. The zero-order chi connectivity index (χ0) is 24.5. The van der Waals surface area contributed by atoms with Crippen molar-refractivity contribution in [3.63, 3.8) is 0 Å². The number of fused-ring (bicyclic) bond motifs is 2. The third kappa shape index (κ3) is 4.11. The number of hydrogen-bond donors (Lipinski definition) is 2. The van der Waals surface area contributed by atoms with E-state index in [1.54, 1.807) is 18.2 Å². The number of hydrogen-bond acceptors (Lipinski definition) is 7. The molecule has 3 aromatic rings. The van der Waals surface area contributed by atoms with E-state index in [2.05, 4.69) is 10.5 Å². The summed E-state index contributed by atoms with van der Waals surface area (Å²) in [6, 6.07) is 13.4. The van der Waals surface area contributed by atoms with Gasteiger partial charge in [-0.15, -0.1) is 0 Å². The molecule has 35 heavy (non-hydrogen) atoms. The molecular formula is C25H18FN3O6. The summed E-state index contributed by atoms with van der Waals surface area (Å²) in [6.07, 6.45) is 0.682. The normalized spacial score (nSPS) is 15.4. The maximum absolute atomic E-state index is 14.2. The SMILES string of the molecule is O=Cc1ccc(C(=O)Nc2ccc3c(c2)N(Cc2cc(F)cc4c2OCOC4)C(=O)/C3=N\O)cc1. The molecule has 0 spiro atoms. The number of nitrogens with zero attached hydrogens (tertiary/aromatic N) is 2. The van der Waals surface area contributed by atoms with Crippen molar-refractivity contribution in [3.8, 4) is 5.75 Å². The fraction of sp³-hybridized carbons (Fsp3) is 0.120. The maximum Gasteiger partial charge on any atom is 0.281 e. The van der Waals surface area contributed by atoms with Gasteiger partial charge in [-0.3, -0.25) is 14.4 Å². The van der Waals surface area contributed by atoms with Crippen LogP contribution in [0.4, 0.5) is 15.8 Å². The molecular weight excluding hydrogens is 457 g/mol. The number of carbonyl (C=O) groups excluding carboxylic acids is 3. The van der Waals surface area contributed by atoms with E-state index in [1.165, 1.54) is 41.3 Å².